The van der Waals surface area contributed by atoms with Crippen LogP contribution in [0.1, 0.15) is 76.9 Å². The lowest BCUT2D eigenvalue weighted by Gasteiger charge is -2.33. The van der Waals surface area contributed by atoms with Crippen molar-refractivity contribution in [3.05, 3.63) is 53.9 Å². The minimum atomic E-state index is -0.926. The number of nitrogens with one attached hydrogen (secondary N) is 1. The van der Waals surface area contributed by atoms with Gasteiger partial charge in [-0.05, 0) is 80.7 Å². The molecule has 0 aliphatic carbocycles. The lowest BCUT2D eigenvalue weighted by atomic mass is 9.80. The van der Waals surface area contributed by atoms with Crippen LogP contribution in [0.25, 0.3) is 0 Å². The van der Waals surface area contributed by atoms with Gasteiger partial charge >= 0.3 is 12.1 Å². The maximum absolute atomic E-state index is 13.6. The number of hydrogen-bond donors (Lipinski definition) is 2. The summed E-state index contributed by atoms with van der Waals surface area (Å²) in [5.41, 5.74) is 5.74. The number of ether oxygens (including phenoxy) is 6. The topological polar surface area (TPSA) is 178 Å². The molecule has 1 saturated heterocycles. The number of benzene rings is 1. The molecule has 14 nitrogen and oxygen atoms in total. The maximum atomic E-state index is 13.6. The molecule has 14 heteroatoms. The molecule has 0 radical (unpaired) electrons. The summed E-state index contributed by atoms with van der Waals surface area (Å²) in [7, 11) is 3.25. The second kappa shape index (κ2) is 20.7. The zero-order valence-corrected chi connectivity index (χ0v) is 32.4. The summed E-state index contributed by atoms with van der Waals surface area (Å²) in [6, 6.07) is 10.2. The third-order valence-electron chi connectivity index (χ3n) is 9.70. The van der Waals surface area contributed by atoms with E-state index in [0.29, 0.717) is 44.0 Å². The highest BCUT2D eigenvalue weighted by atomic mass is 16.7. The zero-order valence-electron chi connectivity index (χ0n) is 32.4. The zero-order chi connectivity index (χ0) is 39.1. The molecule has 4 atom stereocenters. The van der Waals surface area contributed by atoms with E-state index in [1.165, 1.54) is 17.2 Å². The Labute approximate surface area is 313 Å². The van der Waals surface area contributed by atoms with Gasteiger partial charge in [0.05, 0.1) is 31.3 Å². The monoisotopic (exact) mass is 742 g/mol. The van der Waals surface area contributed by atoms with Gasteiger partial charge in [0, 0.05) is 38.8 Å². The van der Waals surface area contributed by atoms with Crippen LogP contribution in [0.15, 0.2) is 42.6 Å². The lowest BCUT2D eigenvalue weighted by molar-refractivity contribution is -0.130. The Balaban J connectivity index is 1.84. The van der Waals surface area contributed by atoms with E-state index in [0.717, 1.165) is 12.0 Å². The van der Waals surface area contributed by atoms with E-state index >= 15 is 0 Å². The third kappa shape index (κ3) is 12.9. The van der Waals surface area contributed by atoms with Crippen LogP contribution in [0.3, 0.4) is 0 Å². The maximum Gasteiger partial charge on any atom is 0.414 e. The molecule has 294 valence electrons. The summed E-state index contributed by atoms with van der Waals surface area (Å²) in [6.45, 7) is 12.0. The Morgan fingerprint density at radius 2 is 1.75 bits per heavy atom. The van der Waals surface area contributed by atoms with Gasteiger partial charge in [0.15, 0.2) is 11.5 Å². The number of methoxy groups -OCH3 is 2. The summed E-state index contributed by atoms with van der Waals surface area (Å²) in [6.07, 6.45) is 2.48. The molecule has 2 heterocycles. The first-order valence-corrected chi connectivity index (χ1v) is 18.2. The van der Waals surface area contributed by atoms with Gasteiger partial charge in [-0.2, -0.15) is 0 Å². The molecule has 1 aliphatic rings. The van der Waals surface area contributed by atoms with Crippen molar-refractivity contribution in [1.29, 1.82) is 0 Å². The smallest absolute Gasteiger partial charge is 0.414 e. The highest BCUT2D eigenvalue weighted by Gasteiger charge is 2.43. The fourth-order valence-electron chi connectivity index (χ4n) is 6.06. The Hall–Kier alpha value is -4.43. The molecule has 53 heavy (non-hydrogen) atoms. The fraction of sp³-hybridized carbons (Fsp3) is 0.615. The van der Waals surface area contributed by atoms with Crippen molar-refractivity contribution in [1.82, 2.24) is 15.2 Å². The molecule has 1 aliphatic heterocycles. The minimum Gasteiger partial charge on any atom is -0.493 e. The van der Waals surface area contributed by atoms with Crippen LogP contribution in [0.4, 0.5) is 4.79 Å². The number of pyridine rings is 1. The van der Waals surface area contributed by atoms with E-state index < -0.39 is 48.2 Å². The number of hydrogen-bond acceptors (Lipinski definition) is 11. The van der Waals surface area contributed by atoms with Crippen LogP contribution in [-0.4, -0.2) is 93.4 Å². The van der Waals surface area contributed by atoms with Crippen molar-refractivity contribution in [2.75, 3.05) is 47.5 Å². The minimum absolute atomic E-state index is 0.0684. The van der Waals surface area contributed by atoms with E-state index in [4.69, 9.17) is 34.2 Å². The molecule has 1 fully saturated rings. The first-order chi connectivity index (χ1) is 25.2. The summed E-state index contributed by atoms with van der Waals surface area (Å²) < 4.78 is 33.6. The highest BCUT2D eigenvalue weighted by molar-refractivity contribution is 5.87. The molecule has 0 bridgehead atoms. The van der Waals surface area contributed by atoms with Crippen molar-refractivity contribution in [2.45, 2.75) is 79.4 Å². The SMILES string of the molecule is COCCCOc1cc(CC(CC2C(C[C@H](C(=O)NCC(C)(C)C(N)=O)C(C)C)OCN2C(=O)OCOC(=O)c2ccccn2)C(C)C)ccc1OC. The van der Waals surface area contributed by atoms with E-state index in [1.54, 1.807) is 40.2 Å². The third-order valence-corrected chi connectivity index (χ3v) is 9.70. The van der Waals surface area contributed by atoms with Crippen molar-refractivity contribution in [3.8, 4) is 11.5 Å². The van der Waals surface area contributed by atoms with Crippen LogP contribution in [0.5, 0.6) is 11.5 Å². The quantitative estimate of drug-likeness (QED) is 0.100. The summed E-state index contributed by atoms with van der Waals surface area (Å²) in [5.74, 6) is -0.496. The van der Waals surface area contributed by atoms with Crippen molar-refractivity contribution in [3.63, 3.8) is 0 Å². The molecule has 3 N–H and O–H groups in total. The Bertz CT molecular complexity index is 1490. The van der Waals surface area contributed by atoms with Crippen molar-refractivity contribution in [2.24, 2.45) is 34.8 Å². The van der Waals surface area contributed by atoms with Crippen LogP contribution in [0, 0.1) is 29.1 Å². The Morgan fingerprint density at radius 3 is 2.38 bits per heavy atom. The summed E-state index contributed by atoms with van der Waals surface area (Å²) in [5, 5.41) is 2.91. The summed E-state index contributed by atoms with van der Waals surface area (Å²) in [4.78, 5) is 56.9. The van der Waals surface area contributed by atoms with E-state index in [9.17, 15) is 19.2 Å². The average Bonchev–Trinajstić information content (AvgIpc) is 3.53. The fourth-order valence-corrected chi connectivity index (χ4v) is 6.06. The number of nitrogens with zero attached hydrogens (tertiary/aromatic N) is 2. The Kier molecular flexibility index (Phi) is 16.8. The number of carbonyl (C=O) groups excluding carboxylic acids is 4. The van der Waals surface area contributed by atoms with Gasteiger partial charge in [0.2, 0.25) is 18.6 Å². The number of primary amides is 1. The van der Waals surface area contributed by atoms with Crippen molar-refractivity contribution < 1.29 is 47.6 Å². The number of rotatable bonds is 21. The van der Waals surface area contributed by atoms with Gasteiger partial charge in [0.25, 0.3) is 0 Å². The van der Waals surface area contributed by atoms with Gasteiger partial charge in [-0.25, -0.2) is 14.6 Å². The van der Waals surface area contributed by atoms with E-state index in [1.807, 2.05) is 32.0 Å². The van der Waals surface area contributed by atoms with Crippen LogP contribution < -0.4 is 20.5 Å². The van der Waals surface area contributed by atoms with Gasteiger partial charge in [-0.3, -0.25) is 14.5 Å². The first-order valence-electron chi connectivity index (χ1n) is 18.2. The van der Waals surface area contributed by atoms with E-state index in [2.05, 4.69) is 24.1 Å². The highest BCUT2D eigenvalue weighted by Crippen LogP contribution is 2.36. The second-order valence-electron chi connectivity index (χ2n) is 14.7. The number of aromatic nitrogens is 1. The van der Waals surface area contributed by atoms with Gasteiger partial charge in [-0.15, -0.1) is 0 Å². The van der Waals surface area contributed by atoms with Gasteiger partial charge in [-0.1, -0.05) is 39.8 Å². The van der Waals surface area contributed by atoms with E-state index in [-0.39, 0.29) is 42.6 Å². The first kappa shape index (κ1) is 43.0. The average molecular weight is 743 g/mol. The number of carbonyl (C=O) groups is 4. The largest absolute Gasteiger partial charge is 0.493 e. The molecule has 1 aromatic carbocycles. The van der Waals surface area contributed by atoms with Crippen LogP contribution in [0.2, 0.25) is 0 Å². The molecular weight excluding hydrogens is 684 g/mol. The van der Waals surface area contributed by atoms with Gasteiger partial charge < -0.3 is 39.5 Å². The molecule has 3 amide bonds. The Morgan fingerprint density at radius 1 is 1.00 bits per heavy atom. The molecule has 0 spiro atoms. The van der Waals surface area contributed by atoms with Crippen LogP contribution in [-0.2, 0) is 35.0 Å². The molecule has 3 unspecified atom stereocenters. The predicted molar refractivity (Wildman–Crippen MR) is 197 cm³/mol. The van der Waals surface area contributed by atoms with Gasteiger partial charge in [0.1, 0.15) is 12.4 Å². The lowest BCUT2D eigenvalue weighted by Crippen LogP contribution is -2.47. The number of nitrogens with two attached hydrogens (primary N) is 1. The number of amides is 3. The summed E-state index contributed by atoms with van der Waals surface area (Å²) >= 11 is 0. The normalized spacial score (nSPS) is 17.0. The second-order valence-corrected chi connectivity index (χ2v) is 14.7. The molecule has 2 aromatic rings. The predicted octanol–water partition coefficient (Wildman–Crippen LogP) is 4.98. The van der Waals surface area contributed by atoms with Crippen molar-refractivity contribution >= 4 is 23.9 Å². The number of esters is 1. The standard InChI is InChI=1S/C39H58N4O10/c1-25(2)28(18-27-13-14-32(49-8)34(19-27)50-17-11-16-48-7)20-31-33(21-29(26(3)4)35(44)42-22-39(5,6)37(40)46)51-23-43(31)38(47)53-24-52-36(45)30-12-9-10-15-41-30/h9-10,12-15,19,25-26,28-29,31,33H,11,16-18,20-24H2,1-8H3,(H2,40,46)(H,42,44)/t28?,29-,31?,33?/m0/s1. The molecule has 1 aromatic heterocycles. The molecule has 3 rings (SSSR count). The molecule has 0 saturated carbocycles. The van der Waals surface area contributed by atoms with Crippen LogP contribution >= 0.6 is 0 Å². The molecular formula is C39H58N4O10.